The van der Waals surface area contributed by atoms with Gasteiger partial charge in [0.15, 0.2) is 5.96 Å². The lowest BCUT2D eigenvalue weighted by atomic mass is 10.1. The van der Waals surface area contributed by atoms with E-state index in [1.165, 1.54) is 4.88 Å². The number of rotatable bonds is 9. The van der Waals surface area contributed by atoms with Crippen molar-refractivity contribution in [2.24, 2.45) is 10.9 Å². The molecular formula is C19H29IN4OS. The van der Waals surface area contributed by atoms with Crippen LogP contribution in [0.5, 0.6) is 5.88 Å². The normalized spacial score (nSPS) is 12.2. The molecule has 0 fully saturated rings. The molecule has 0 spiro atoms. The zero-order valence-corrected chi connectivity index (χ0v) is 18.8. The number of hydrogen-bond donors (Lipinski definition) is 2. The van der Waals surface area contributed by atoms with Crippen molar-refractivity contribution in [1.82, 2.24) is 15.6 Å². The maximum atomic E-state index is 5.50. The van der Waals surface area contributed by atoms with Crippen molar-refractivity contribution in [2.75, 3.05) is 20.2 Å². The van der Waals surface area contributed by atoms with Crippen LogP contribution in [-0.2, 0) is 13.0 Å². The highest BCUT2D eigenvalue weighted by molar-refractivity contribution is 14.0. The summed E-state index contributed by atoms with van der Waals surface area (Å²) in [6.45, 7) is 6.60. The molecule has 2 rings (SSSR count). The van der Waals surface area contributed by atoms with Gasteiger partial charge in [-0.15, -0.1) is 35.3 Å². The molecule has 2 heterocycles. The highest BCUT2D eigenvalue weighted by Crippen LogP contribution is 2.13. The summed E-state index contributed by atoms with van der Waals surface area (Å²) in [5.74, 6) is 2.04. The molecule has 0 bridgehead atoms. The molecule has 7 heteroatoms. The van der Waals surface area contributed by atoms with Crippen LogP contribution in [0.1, 0.15) is 30.7 Å². The molecule has 26 heavy (non-hydrogen) atoms. The van der Waals surface area contributed by atoms with E-state index in [1.54, 1.807) is 7.05 Å². The summed E-state index contributed by atoms with van der Waals surface area (Å²) in [5.41, 5.74) is 1.10. The van der Waals surface area contributed by atoms with Gasteiger partial charge in [0.2, 0.25) is 5.88 Å². The first kappa shape index (κ1) is 22.7. The maximum absolute atomic E-state index is 5.50. The number of nitrogens with one attached hydrogen (secondary N) is 2. The molecule has 0 radical (unpaired) electrons. The van der Waals surface area contributed by atoms with Crippen molar-refractivity contribution in [3.05, 3.63) is 46.3 Å². The SMILES string of the molecule is CCCOc1ccc(CNC(=NC)NCC(C)Cc2cccs2)cn1.I. The van der Waals surface area contributed by atoms with Crippen LogP contribution < -0.4 is 15.4 Å². The van der Waals surface area contributed by atoms with Crippen LogP contribution in [0.2, 0.25) is 0 Å². The molecule has 1 unspecified atom stereocenters. The second-order valence-corrected chi connectivity index (χ2v) is 7.08. The molecule has 0 aliphatic heterocycles. The first-order chi connectivity index (χ1) is 12.2. The van der Waals surface area contributed by atoms with E-state index >= 15 is 0 Å². The van der Waals surface area contributed by atoms with Gasteiger partial charge in [-0.05, 0) is 35.8 Å². The lowest BCUT2D eigenvalue weighted by Crippen LogP contribution is -2.39. The highest BCUT2D eigenvalue weighted by atomic mass is 127. The first-order valence-corrected chi connectivity index (χ1v) is 9.63. The third-order valence-electron chi connectivity index (χ3n) is 3.68. The summed E-state index contributed by atoms with van der Waals surface area (Å²) in [5, 5.41) is 8.84. The fourth-order valence-electron chi connectivity index (χ4n) is 2.33. The minimum Gasteiger partial charge on any atom is -0.478 e. The van der Waals surface area contributed by atoms with Crippen molar-refractivity contribution >= 4 is 41.3 Å². The van der Waals surface area contributed by atoms with Gasteiger partial charge < -0.3 is 15.4 Å². The number of halogens is 1. The van der Waals surface area contributed by atoms with Gasteiger partial charge in [0.1, 0.15) is 0 Å². The average molecular weight is 488 g/mol. The van der Waals surface area contributed by atoms with Gasteiger partial charge in [-0.3, -0.25) is 4.99 Å². The van der Waals surface area contributed by atoms with E-state index in [2.05, 4.69) is 52.0 Å². The van der Waals surface area contributed by atoms with Crippen molar-refractivity contribution in [3.8, 4) is 5.88 Å². The number of aliphatic imine (C=N–C) groups is 1. The van der Waals surface area contributed by atoms with Crippen LogP contribution in [0.15, 0.2) is 40.8 Å². The van der Waals surface area contributed by atoms with E-state index in [0.29, 0.717) is 24.9 Å². The van der Waals surface area contributed by atoms with Gasteiger partial charge in [-0.2, -0.15) is 0 Å². The fourth-order valence-corrected chi connectivity index (χ4v) is 3.20. The van der Waals surface area contributed by atoms with Gasteiger partial charge in [0.25, 0.3) is 0 Å². The van der Waals surface area contributed by atoms with Crippen molar-refractivity contribution < 1.29 is 4.74 Å². The quantitative estimate of drug-likeness (QED) is 0.317. The predicted molar refractivity (Wildman–Crippen MR) is 121 cm³/mol. The third kappa shape index (κ3) is 8.35. The largest absolute Gasteiger partial charge is 0.478 e. The second kappa shape index (κ2) is 12.9. The molecule has 0 saturated carbocycles. The zero-order valence-electron chi connectivity index (χ0n) is 15.7. The molecule has 0 aliphatic rings. The number of thiophene rings is 1. The van der Waals surface area contributed by atoms with Gasteiger partial charge in [0, 0.05) is 37.3 Å². The fraction of sp³-hybridized carbons (Fsp3) is 0.474. The topological polar surface area (TPSA) is 58.5 Å². The van der Waals surface area contributed by atoms with Crippen molar-refractivity contribution in [1.29, 1.82) is 0 Å². The number of guanidine groups is 1. The molecule has 0 aliphatic carbocycles. The van der Waals surface area contributed by atoms with Crippen molar-refractivity contribution in [2.45, 2.75) is 33.2 Å². The monoisotopic (exact) mass is 488 g/mol. The molecule has 2 aromatic heterocycles. The Morgan fingerprint density at radius 3 is 2.77 bits per heavy atom. The third-order valence-corrected chi connectivity index (χ3v) is 4.58. The Balaban J connectivity index is 0.00000338. The van der Waals surface area contributed by atoms with Crippen LogP contribution in [0.25, 0.3) is 0 Å². The van der Waals surface area contributed by atoms with E-state index in [9.17, 15) is 0 Å². The molecule has 1 atom stereocenters. The Morgan fingerprint density at radius 2 is 2.15 bits per heavy atom. The summed E-state index contributed by atoms with van der Waals surface area (Å²) < 4.78 is 5.50. The first-order valence-electron chi connectivity index (χ1n) is 8.76. The lowest BCUT2D eigenvalue weighted by molar-refractivity contribution is 0.305. The zero-order chi connectivity index (χ0) is 17.9. The van der Waals surface area contributed by atoms with E-state index in [4.69, 9.17) is 4.74 Å². The second-order valence-electron chi connectivity index (χ2n) is 6.05. The van der Waals surface area contributed by atoms with Gasteiger partial charge in [-0.25, -0.2) is 4.98 Å². The standard InChI is InChI=1S/C19H28N4OS.HI/c1-4-9-24-18-8-7-16(13-21-18)14-23-19(20-3)22-12-15(2)11-17-6-5-10-25-17;/h5-8,10,13,15H,4,9,11-12,14H2,1-3H3,(H2,20,22,23);1H. The summed E-state index contributed by atoms with van der Waals surface area (Å²) in [4.78, 5) is 10.0. The van der Waals surface area contributed by atoms with Crippen LogP contribution in [0, 0.1) is 5.92 Å². The van der Waals surface area contributed by atoms with Gasteiger partial charge in [0.05, 0.1) is 6.61 Å². The molecule has 2 N–H and O–H groups in total. The minimum atomic E-state index is 0. The Hall–Kier alpha value is -1.35. The molecule has 0 aromatic carbocycles. The summed E-state index contributed by atoms with van der Waals surface area (Å²) in [6.07, 6.45) is 3.91. The molecule has 144 valence electrons. The van der Waals surface area contributed by atoms with Crippen molar-refractivity contribution in [3.63, 3.8) is 0 Å². The number of aromatic nitrogens is 1. The van der Waals surface area contributed by atoms with Crippen LogP contribution >= 0.6 is 35.3 Å². The van der Waals surface area contributed by atoms with E-state index < -0.39 is 0 Å². The predicted octanol–water partition coefficient (Wildman–Crippen LogP) is 4.09. The Kier molecular flexibility index (Phi) is 11.3. The Bertz CT molecular complexity index is 631. The van der Waals surface area contributed by atoms with E-state index in [1.807, 2.05) is 29.7 Å². The highest BCUT2D eigenvalue weighted by Gasteiger charge is 2.06. The summed E-state index contributed by atoms with van der Waals surface area (Å²) >= 11 is 1.81. The lowest BCUT2D eigenvalue weighted by Gasteiger charge is -2.15. The molecule has 5 nitrogen and oxygen atoms in total. The van der Waals surface area contributed by atoms with E-state index in [-0.39, 0.29) is 24.0 Å². The smallest absolute Gasteiger partial charge is 0.213 e. The minimum absolute atomic E-state index is 0. The van der Waals surface area contributed by atoms with Gasteiger partial charge in [-0.1, -0.05) is 26.0 Å². The molecular weight excluding hydrogens is 459 g/mol. The molecule has 0 saturated heterocycles. The van der Waals surface area contributed by atoms with Crippen LogP contribution in [0.4, 0.5) is 0 Å². The summed E-state index contributed by atoms with van der Waals surface area (Å²) in [7, 11) is 1.79. The number of pyridine rings is 1. The van der Waals surface area contributed by atoms with Gasteiger partial charge >= 0.3 is 0 Å². The number of nitrogens with zero attached hydrogens (tertiary/aromatic N) is 2. The Morgan fingerprint density at radius 1 is 1.31 bits per heavy atom. The van der Waals surface area contributed by atoms with E-state index in [0.717, 1.165) is 30.9 Å². The maximum Gasteiger partial charge on any atom is 0.213 e. The summed E-state index contributed by atoms with van der Waals surface area (Å²) in [6, 6.07) is 8.23. The molecule has 0 amide bonds. The van der Waals surface area contributed by atoms with Crippen LogP contribution in [-0.4, -0.2) is 31.1 Å². The van der Waals surface area contributed by atoms with Crippen LogP contribution in [0.3, 0.4) is 0 Å². The number of ether oxygens (including phenoxy) is 1. The average Bonchev–Trinajstić information content (AvgIpc) is 3.14. The Labute approximate surface area is 177 Å². The molecule has 2 aromatic rings. The number of hydrogen-bond acceptors (Lipinski definition) is 4.